The van der Waals surface area contributed by atoms with Crippen molar-refractivity contribution in [3.63, 3.8) is 0 Å². The van der Waals surface area contributed by atoms with E-state index in [9.17, 15) is 4.79 Å². The maximum atomic E-state index is 12.3. The predicted molar refractivity (Wildman–Crippen MR) is 120 cm³/mol. The van der Waals surface area contributed by atoms with Gasteiger partial charge in [0.15, 0.2) is 0 Å². The Kier molecular flexibility index (Phi) is 6.71. The van der Waals surface area contributed by atoms with E-state index in [1.807, 2.05) is 42.5 Å². The molecule has 1 aliphatic heterocycles. The van der Waals surface area contributed by atoms with Crippen molar-refractivity contribution in [1.82, 2.24) is 14.8 Å². The molecule has 1 saturated heterocycles. The second-order valence-corrected chi connectivity index (χ2v) is 9.43. The van der Waals surface area contributed by atoms with Gasteiger partial charge in [0.05, 0.1) is 12.1 Å². The van der Waals surface area contributed by atoms with E-state index in [4.69, 9.17) is 0 Å². The van der Waals surface area contributed by atoms with Gasteiger partial charge in [-0.15, -0.1) is 22.7 Å². The molecule has 1 N–H and O–H groups in total. The minimum absolute atomic E-state index is 0.0167. The molecule has 3 heterocycles. The lowest BCUT2D eigenvalue weighted by Crippen LogP contribution is -2.45. The molecule has 1 aromatic carbocycles. The number of thiazole rings is 1. The van der Waals surface area contributed by atoms with Gasteiger partial charge in [-0.25, -0.2) is 4.98 Å². The summed E-state index contributed by atoms with van der Waals surface area (Å²) < 4.78 is 0. The van der Waals surface area contributed by atoms with E-state index in [0.717, 1.165) is 55.7 Å². The SMILES string of the molecule is Cc1ccc(NC(=O)Cc2nc(CN3CCN(Cc4cccs4)CC3)cs2)cc1. The first kappa shape index (κ1) is 20.2. The highest BCUT2D eigenvalue weighted by atomic mass is 32.1. The lowest BCUT2D eigenvalue weighted by molar-refractivity contribution is -0.115. The fraction of sp³-hybridized carbons (Fsp3) is 0.364. The molecule has 1 fully saturated rings. The highest BCUT2D eigenvalue weighted by Gasteiger charge is 2.18. The van der Waals surface area contributed by atoms with Crippen LogP contribution in [0.15, 0.2) is 47.2 Å². The van der Waals surface area contributed by atoms with Crippen LogP contribution in [0.5, 0.6) is 0 Å². The minimum Gasteiger partial charge on any atom is -0.326 e. The third kappa shape index (κ3) is 5.96. The predicted octanol–water partition coefficient (Wildman–Crippen LogP) is 4.01. The average molecular weight is 427 g/mol. The van der Waals surface area contributed by atoms with Crippen LogP contribution in [-0.4, -0.2) is 46.9 Å². The first-order valence-corrected chi connectivity index (χ1v) is 11.7. The fourth-order valence-corrected chi connectivity index (χ4v) is 4.97. The number of amides is 1. The Morgan fingerprint density at radius 2 is 1.76 bits per heavy atom. The summed E-state index contributed by atoms with van der Waals surface area (Å²) in [6.07, 6.45) is 0.327. The topological polar surface area (TPSA) is 48.5 Å². The molecule has 4 rings (SSSR count). The molecule has 1 amide bonds. The van der Waals surface area contributed by atoms with Crippen molar-refractivity contribution >= 4 is 34.3 Å². The van der Waals surface area contributed by atoms with Crippen LogP contribution in [-0.2, 0) is 24.3 Å². The van der Waals surface area contributed by atoms with Crippen molar-refractivity contribution in [2.45, 2.75) is 26.4 Å². The monoisotopic (exact) mass is 426 g/mol. The number of hydrogen-bond acceptors (Lipinski definition) is 6. The maximum Gasteiger partial charge on any atom is 0.231 e. The van der Waals surface area contributed by atoms with Crippen LogP contribution in [0.25, 0.3) is 0 Å². The Morgan fingerprint density at radius 1 is 1.03 bits per heavy atom. The van der Waals surface area contributed by atoms with Crippen molar-refractivity contribution in [1.29, 1.82) is 0 Å². The number of nitrogens with one attached hydrogen (secondary N) is 1. The number of piperazine rings is 1. The smallest absolute Gasteiger partial charge is 0.231 e. The van der Waals surface area contributed by atoms with Crippen molar-refractivity contribution in [3.8, 4) is 0 Å². The molecule has 152 valence electrons. The van der Waals surface area contributed by atoms with Crippen LogP contribution in [0.1, 0.15) is 21.1 Å². The average Bonchev–Trinajstić information content (AvgIpc) is 3.37. The van der Waals surface area contributed by atoms with Crippen LogP contribution < -0.4 is 5.32 Å². The second kappa shape index (κ2) is 9.63. The number of carbonyl (C=O) groups is 1. The maximum absolute atomic E-state index is 12.3. The lowest BCUT2D eigenvalue weighted by Gasteiger charge is -2.34. The van der Waals surface area contributed by atoms with Gasteiger partial charge in [-0.3, -0.25) is 14.6 Å². The molecule has 0 radical (unpaired) electrons. The molecule has 0 spiro atoms. The Hall–Kier alpha value is -2.06. The summed E-state index contributed by atoms with van der Waals surface area (Å²) in [7, 11) is 0. The molecule has 3 aromatic rings. The summed E-state index contributed by atoms with van der Waals surface area (Å²) in [6, 6.07) is 12.2. The van der Waals surface area contributed by atoms with Crippen LogP contribution in [0.2, 0.25) is 0 Å². The number of carbonyl (C=O) groups excluding carboxylic acids is 1. The van der Waals surface area contributed by atoms with Crippen molar-refractivity contribution in [2.24, 2.45) is 0 Å². The number of thiophene rings is 1. The Bertz CT molecular complexity index is 913. The molecular formula is C22H26N4OS2. The van der Waals surface area contributed by atoms with Gasteiger partial charge in [-0.05, 0) is 30.5 Å². The van der Waals surface area contributed by atoms with Crippen LogP contribution in [0.4, 0.5) is 5.69 Å². The first-order valence-electron chi connectivity index (χ1n) is 9.91. The van der Waals surface area contributed by atoms with Crippen LogP contribution in [0, 0.1) is 6.92 Å². The van der Waals surface area contributed by atoms with E-state index >= 15 is 0 Å². The van der Waals surface area contributed by atoms with Crippen LogP contribution >= 0.6 is 22.7 Å². The molecule has 0 unspecified atom stereocenters. The molecule has 2 aromatic heterocycles. The fourth-order valence-electron chi connectivity index (χ4n) is 3.44. The number of hydrogen-bond donors (Lipinski definition) is 1. The third-order valence-electron chi connectivity index (χ3n) is 5.06. The minimum atomic E-state index is -0.0167. The molecule has 1 aliphatic rings. The van der Waals surface area contributed by atoms with Gasteiger partial charge < -0.3 is 5.32 Å². The number of benzene rings is 1. The summed E-state index contributed by atoms with van der Waals surface area (Å²) in [5.74, 6) is -0.0167. The van der Waals surface area contributed by atoms with Crippen molar-refractivity contribution in [2.75, 3.05) is 31.5 Å². The molecule has 0 saturated carbocycles. The van der Waals surface area contributed by atoms with E-state index in [2.05, 4.69) is 43.0 Å². The second-order valence-electron chi connectivity index (χ2n) is 7.46. The number of rotatable bonds is 7. The summed E-state index contributed by atoms with van der Waals surface area (Å²) >= 11 is 3.41. The van der Waals surface area contributed by atoms with Gasteiger partial charge in [-0.1, -0.05) is 23.8 Å². The van der Waals surface area contributed by atoms with Gasteiger partial charge in [0, 0.05) is 55.2 Å². The summed E-state index contributed by atoms with van der Waals surface area (Å²) in [5.41, 5.74) is 3.08. The van der Waals surface area contributed by atoms with Crippen molar-refractivity contribution < 1.29 is 4.79 Å². The standard InChI is InChI=1S/C22H26N4OS2/c1-17-4-6-18(7-5-17)23-21(27)13-22-24-19(16-29-22)14-25-8-10-26(11-9-25)15-20-3-2-12-28-20/h2-7,12,16H,8-11,13-15H2,1H3,(H,23,27). The largest absolute Gasteiger partial charge is 0.326 e. The number of aromatic nitrogens is 1. The van der Waals surface area contributed by atoms with E-state index < -0.39 is 0 Å². The van der Waals surface area contributed by atoms with E-state index in [-0.39, 0.29) is 5.91 Å². The molecule has 0 aliphatic carbocycles. The zero-order valence-corrected chi connectivity index (χ0v) is 18.3. The zero-order valence-electron chi connectivity index (χ0n) is 16.6. The quantitative estimate of drug-likeness (QED) is 0.620. The molecule has 29 heavy (non-hydrogen) atoms. The summed E-state index contributed by atoms with van der Waals surface area (Å²) in [5, 5.41) is 8.05. The number of nitrogens with zero attached hydrogens (tertiary/aromatic N) is 3. The Morgan fingerprint density at radius 3 is 2.45 bits per heavy atom. The zero-order chi connectivity index (χ0) is 20.1. The van der Waals surface area contributed by atoms with E-state index in [0.29, 0.717) is 6.42 Å². The summed E-state index contributed by atoms with van der Waals surface area (Å²) in [6.45, 7) is 8.26. The van der Waals surface area contributed by atoms with E-state index in [1.54, 1.807) is 11.3 Å². The van der Waals surface area contributed by atoms with Crippen molar-refractivity contribution in [3.05, 3.63) is 68.3 Å². The van der Waals surface area contributed by atoms with E-state index in [1.165, 1.54) is 10.4 Å². The summed E-state index contributed by atoms with van der Waals surface area (Å²) in [4.78, 5) is 23.4. The Balaban J connectivity index is 1.22. The number of anilines is 1. The molecular weight excluding hydrogens is 400 g/mol. The molecule has 5 nitrogen and oxygen atoms in total. The van der Waals surface area contributed by atoms with Gasteiger partial charge in [0.1, 0.15) is 5.01 Å². The van der Waals surface area contributed by atoms with Gasteiger partial charge in [0.2, 0.25) is 5.91 Å². The first-order chi connectivity index (χ1) is 14.1. The molecule has 0 bridgehead atoms. The highest BCUT2D eigenvalue weighted by molar-refractivity contribution is 7.10. The van der Waals surface area contributed by atoms with Crippen LogP contribution in [0.3, 0.4) is 0 Å². The van der Waals surface area contributed by atoms with Gasteiger partial charge in [0.25, 0.3) is 0 Å². The highest BCUT2D eigenvalue weighted by Crippen LogP contribution is 2.17. The third-order valence-corrected chi connectivity index (χ3v) is 6.82. The molecule has 0 atom stereocenters. The normalized spacial score (nSPS) is 15.5. The van der Waals surface area contributed by atoms with Gasteiger partial charge in [-0.2, -0.15) is 0 Å². The lowest BCUT2D eigenvalue weighted by atomic mass is 10.2. The number of aryl methyl sites for hydroxylation is 1. The Labute approximate surface area is 180 Å². The molecule has 7 heteroatoms. The van der Waals surface area contributed by atoms with Gasteiger partial charge >= 0.3 is 0 Å².